The van der Waals surface area contributed by atoms with Crippen LogP contribution in [0.3, 0.4) is 0 Å². The average molecular weight is 441 g/mol. The quantitative estimate of drug-likeness (QED) is 0.594. The standard InChI is InChI=1S/C25H32N2O3S/c1-16(25-12-17-9-18(13-25)11-19(10-17)14-25)26-22(28)15-30-24(29)8-4-7-23-27-20-5-2-3-6-21(20)31-23/h2-3,5-6,16-19H,4,7-15H2,1H3,(H,26,28)/t16-,17?,18?,19?,25?/m0/s1. The monoisotopic (exact) mass is 440 g/mol. The van der Waals surface area contributed by atoms with Gasteiger partial charge in [0.25, 0.3) is 5.91 Å². The highest BCUT2D eigenvalue weighted by atomic mass is 32.1. The molecule has 4 saturated carbocycles. The van der Waals surface area contributed by atoms with Gasteiger partial charge in [-0.1, -0.05) is 12.1 Å². The molecule has 1 N–H and O–H groups in total. The Morgan fingerprint density at radius 1 is 1.16 bits per heavy atom. The molecule has 1 aromatic carbocycles. The molecule has 4 fully saturated rings. The Labute approximate surface area is 188 Å². The number of carbonyl (C=O) groups excluding carboxylic acids is 2. The van der Waals surface area contributed by atoms with E-state index in [9.17, 15) is 9.59 Å². The third-order valence-corrected chi connectivity index (χ3v) is 8.95. The van der Waals surface area contributed by atoms with Crippen molar-refractivity contribution in [2.24, 2.45) is 23.2 Å². The maximum atomic E-state index is 12.4. The number of para-hydroxylation sites is 1. The average Bonchev–Trinajstić information content (AvgIpc) is 3.14. The van der Waals surface area contributed by atoms with Crippen LogP contribution >= 0.6 is 11.3 Å². The number of carbonyl (C=O) groups is 2. The number of rotatable bonds is 8. The van der Waals surface area contributed by atoms with Gasteiger partial charge in [0.05, 0.1) is 15.2 Å². The summed E-state index contributed by atoms with van der Waals surface area (Å²) in [6.45, 7) is 1.99. The number of thiazole rings is 1. The van der Waals surface area contributed by atoms with Gasteiger partial charge in [0.1, 0.15) is 0 Å². The molecule has 1 amide bonds. The predicted molar refractivity (Wildman–Crippen MR) is 122 cm³/mol. The van der Waals surface area contributed by atoms with Crippen molar-refractivity contribution in [1.82, 2.24) is 10.3 Å². The molecule has 6 rings (SSSR count). The largest absolute Gasteiger partial charge is 0.456 e. The van der Waals surface area contributed by atoms with Crippen LogP contribution in [0.4, 0.5) is 0 Å². The van der Waals surface area contributed by atoms with Crippen LogP contribution in [0.2, 0.25) is 0 Å². The van der Waals surface area contributed by atoms with Crippen LogP contribution in [-0.4, -0.2) is 29.5 Å². The molecule has 0 spiro atoms. The van der Waals surface area contributed by atoms with Gasteiger partial charge in [0.2, 0.25) is 0 Å². The number of aryl methyl sites for hydroxylation is 1. The van der Waals surface area contributed by atoms with E-state index in [0.29, 0.717) is 12.8 Å². The number of fused-ring (bicyclic) bond motifs is 1. The minimum atomic E-state index is -0.307. The molecule has 4 aliphatic rings. The zero-order valence-electron chi connectivity index (χ0n) is 18.3. The molecule has 1 aromatic heterocycles. The van der Waals surface area contributed by atoms with E-state index in [2.05, 4.69) is 23.3 Å². The molecule has 4 bridgehead atoms. The molecule has 0 saturated heterocycles. The molecule has 31 heavy (non-hydrogen) atoms. The van der Waals surface area contributed by atoms with Crippen molar-refractivity contribution in [2.75, 3.05) is 6.61 Å². The Morgan fingerprint density at radius 2 is 1.84 bits per heavy atom. The van der Waals surface area contributed by atoms with Crippen molar-refractivity contribution in [2.45, 2.75) is 70.8 Å². The minimum Gasteiger partial charge on any atom is -0.456 e. The Kier molecular flexibility index (Phi) is 5.76. The molecule has 0 radical (unpaired) electrons. The number of amides is 1. The highest BCUT2D eigenvalue weighted by Crippen LogP contribution is 2.61. The molecule has 0 aliphatic heterocycles. The summed E-state index contributed by atoms with van der Waals surface area (Å²) in [7, 11) is 0. The summed E-state index contributed by atoms with van der Waals surface area (Å²) < 4.78 is 6.42. The maximum Gasteiger partial charge on any atom is 0.306 e. The first-order chi connectivity index (χ1) is 15.0. The number of aromatic nitrogens is 1. The molecule has 5 nitrogen and oxygen atoms in total. The van der Waals surface area contributed by atoms with Crippen LogP contribution in [0.1, 0.15) is 63.3 Å². The normalized spacial score (nSPS) is 29.8. The van der Waals surface area contributed by atoms with Crippen LogP contribution in [0.15, 0.2) is 24.3 Å². The summed E-state index contributed by atoms with van der Waals surface area (Å²) >= 11 is 1.67. The molecule has 2 aromatic rings. The number of hydrogen-bond acceptors (Lipinski definition) is 5. The topological polar surface area (TPSA) is 68.3 Å². The van der Waals surface area contributed by atoms with Gasteiger partial charge in [-0.3, -0.25) is 9.59 Å². The van der Waals surface area contributed by atoms with E-state index in [-0.39, 0.29) is 29.9 Å². The van der Waals surface area contributed by atoms with Crippen LogP contribution in [0.5, 0.6) is 0 Å². The highest BCUT2D eigenvalue weighted by molar-refractivity contribution is 7.18. The summed E-state index contributed by atoms with van der Waals surface area (Å²) in [5.74, 6) is 2.11. The summed E-state index contributed by atoms with van der Waals surface area (Å²) in [6, 6.07) is 8.22. The first-order valence-corrected chi connectivity index (χ1v) is 12.6. The SMILES string of the molecule is C[C@H](NC(=O)COC(=O)CCCc1nc2ccccc2s1)C12CC3CC(CC(C3)C1)C2. The van der Waals surface area contributed by atoms with E-state index in [1.165, 1.54) is 43.2 Å². The lowest BCUT2D eigenvalue weighted by molar-refractivity contribution is -0.149. The Bertz CT molecular complexity index is 900. The van der Waals surface area contributed by atoms with E-state index in [1.807, 2.05) is 18.2 Å². The fraction of sp³-hybridized carbons (Fsp3) is 0.640. The van der Waals surface area contributed by atoms with Gasteiger partial charge in [-0.15, -0.1) is 11.3 Å². The third-order valence-electron chi connectivity index (χ3n) is 7.86. The predicted octanol–water partition coefficient (Wildman–Crippen LogP) is 4.88. The number of esters is 1. The van der Waals surface area contributed by atoms with Crippen LogP contribution in [0, 0.1) is 23.2 Å². The van der Waals surface area contributed by atoms with Gasteiger partial charge in [-0.25, -0.2) is 4.98 Å². The number of benzene rings is 1. The number of nitrogens with zero attached hydrogens (tertiary/aromatic N) is 1. The van der Waals surface area contributed by atoms with Gasteiger partial charge in [0, 0.05) is 12.5 Å². The number of nitrogens with one attached hydrogen (secondary N) is 1. The molecule has 4 aliphatic carbocycles. The number of hydrogen-bond donors (Lipinski definition) is 1. The molecule has 1 atom stereocenters. The fourth-order valence-electron chi connectivity index (χ4n) is 6.77. The van der Waals surface area contributed by atoms with E-state index >= 15 is 0 Å². The van der Waals surface area contributed by atoms with Crippen molar-refractivity contribution >= 4 is 33.4 Å². The van der Waals surface area contributed by atoms with Crippen molar-refractivity contribution < 1.29 is 14.3 Å². The highest BCUT2D eigenvalue weighted by Gasteiger charge is 2.53. The van der Waals surface area contributed by atoms with Gasteiger partial charge in [0.15, 0.2) is 6.61 Å². The first kappa shape index (κ1) is 20.9. The Morgan fingerprint density at radius 3 is 2.52 bits per heavy atom. The van der Waals surface area contributed by atoms with Crippen molar-refractivity contribution in [3.63, 3.8) is 0 Å². The maximum absolute atomic E-state index is 12.4. The summed E-state index contributed by atoms with van der Waals surface area (Å²) in [5, 5.41) is 4.20. The van der Waals surface area contributed by atoms with E-state index < -0.39 is 0 Å². The minimum absolute atomic E-state index is 0.158. The Hall–Kier alpha value is -1.95. The second-order valence-electron chi connectivity index (χ2n) is 10.2. The van der Waals surface area contributed by atoms with Gasteiger partial charge in [-0.05, 0) is 93.6 Å². The second kappa shape index (κ2) is 8.53. The lowest BCUT2D eigenvalue weighted by Gasteiger charge is -2.59. The van der Waals surface area contributed by atoms with E-state index in [4.69, 9.17) is 4.74 Å². The Balaban J connectivity index is 1.04. The fourth-order valence-corrected chi connectivity index (χ4v) is 7.78. The second-order valence-corrected chi connectivity index (χ2v) is 11.3. The summed E-state index contributed by atoms with van der Waals surface area (Å²) in [5.41, 5.74) is 1.28. The van der Waals surface area contributed by atoms with Crippen LogP contribution < -0.4 is 5.32 Å². The van der Waals surface area contributed by atoms with E-state index in [1.54, 1.807) is 11.3 Å². The smallest absolute Gasteiger partial charge is 0.306 e. The van der Waals surface area contributed by atoms with Crippen molar-refractivity contribution in [3.05, 3.63) is 29.3 Å². The lowest BCUT2D eigenvalue weighted by Crippen LogP contribution is -2.56. The molecular weight excluding hydrogens is 408 g/mol. The third kappa shape index (κ3) is 4.50. The summed E-state index contributed by atoms with van der Waals surface area (Å²) in [4.78, 5) is 29.1. The van der Waals surface area contributed by atoms with E-state index in [0.717, 1.165) is 34.7 Å². The zero-order chi connectivity index (χ0) is 21.4. The molecule has 6 heteroatoms. The molecule has 0 unspecified atom stereocenters. The number of ether oxygens (including phenoxy) is 1. The van der Waals surface area contributed by atoms with Crippen LogP contribution in [0.25, 0.3) is 10.2 Å². The lowest BCUT2D eigenvalue weighted by atomic mass is 9.48. The zero-order valence-corrected chi connectivity index (χ0v) is 19.1. The molecule has 166 valence electrons. The van der Waals surface area contributed by atoms with Crippen LogP contribution in [-0.2, 0) is 20.7 Å². The summed E-state index contributed by atoms with van der Waals surface area (Å²) in [6.07, 6.45) is 9.71. The van der Waals surface area contributed by atoms with Gasteiger partial charge in [-0.2, -0.15) is 0 Å². The molecule has 1 heterocycles. The first-order valence-electron chi connectivity index (χ1n) is 11.8. The van der Waals surface area contributed by atoms with Gasteiger partial charge < -0.3 is 10.1 Å². The van der Waals surface area contributed by atoms with Crippen molar-refractivity contribution in [3.8, 4) is 0 Å². The van der Waals surface area contributed by atoms with Gasteiger partial charge >= 0.3 is 5.97 Å². The van der Waals surface area contributed by atoms with Crippen molar-refractivity contribution in [1.29, 1.82) is 0 Å². The molecular formula is C25H32N2O3S.